The molecule has 0 aliphatic carbocycles. The molecule has 0 spiro atoms. The lowest BCUT2D eigenvalue weighted by Crippen LogP contribution is -2.49. The fourth-order valence-corrected chi connectivity index (χ4v) is 2.89. The molecule has 1 N–H and O–H groups in total. The summed E-state index contributed by atoms with van der Waals surface area (Å²) < 4.78 is 10.9. The normalized spacial score (nSPS) is 11.7. The average molecular weight is 433 g/mol. The van der Waals surface area contributed by atoms with Crippen molar-refractivity contribution in [2.45, 2.75) is 33.4 Å². The van der Waals surface area contributed by atoms with Crippen molar-refractivity contribution in [3.8, 4) is 11.5 Å². The van der Waals surface area contributed by atoms with Crippen LogP contribution in [0.1, 0.15) is 26.3 Å². The summed E-state index contributed by atoms with van der Waals surface area (Å²) in [6.07, 6.45) is 0. The maximum absolute atomic E-state index is 13.0. The first kappa shape index (κ1) is 23.5. The molecule has 0 bridgehead atoms. The fraction of sp³-hybridized carbons (Fsp3) is 0.391. The number of nitrogens with zero attached hydrogens (tertiary/aromatic N) is 1. The van der Waals surface area contributed by atoms with E-state index in [9.17, 15) is 9.59 Å². The third-order valence-corrected chi connectivity index (χ3v) is 4.77. The number of nitrogens with one attached hydrogen (secondary N) is 1. The van der Waals surface area contributed by atoms with Gasteiger partial charge in [0, 0.05) is 18.1 Å². The molecule has 0 heterocycles. The quantitative estimate of drug-likeness (QED) is 0.618. The topological polar surface area (TPSA) is 67.9 Å². The van der Waals surface area contributed by atoms with Gasteiger partial charge in [-0.1, -0.05) is 37.6 Å². The Bertz CT molecular complexity index is 839. The minimum atomic E-state index is -0.656. The zero-order valence-corrected chi connectivity index (χ0v) is 18.6. The summed E-state index contributed by atoms with van der Waals surface area (Å²) >= 11 is 5.88. The van der Waals surface area contributed by atoms with E-state index in [-0.39, 0.29) is 25.0 Å². The molecule has 6 nitrogen and oxygen atoms in total. The highest BCUT2D eigenvalue weighted by Crippen LogP contribution is 2.18. The lowest BCUT2D eigenvalue weighted by Gasteiger charge is -2.29. The van der Waals surface area contributed by atoms with Crippen LogP contribution in [0.3, 0.4) is 0 Å². The smallest absolute Gasteiger partial charge is 0.261 e. The SMILES string of the molecule is COc1cccc(CN(C(=O)COc2ccc(Cl)cc2)C(C)C(=O)NCC(C)C)c1. The van der Waals surface area contributed by atoms with Gasteiger partial charge in [0.15, 0.2) is 6.61 Å². The number of rotatable bonds is 10. The lowest BCUT2D eigenvalue weighted by atomic mass is 10.1. The predicted octanol–water partition coefficient (Wildman–Crippen LogP) is 3.92. The number of hydrogen-bond donors (Lipinski definition) is 1. The molecule has 30 heavy (non-hydrogen) atoms. The van der Waals surface area contributed by atoms with E-state index in [2.05, 4.69) is 5.32 Å². The van der Waals surface area contributed by atoms with E-state index in [1.165, 1.54) is 4.90 Å². The number of carbonyl (C=O) groups excluding carboxylic acids is 2. The summed E-state index contributed by atoms with van der Waals surface area (Å²) in [4.78, 5) is 27.1. The molecular weight excluding hydrogens is 404 g/mol. The van der Waals surface area contributed by atoms with Crippen molar-refractivity contribution < 1.29 is 19.1 Å². The van der Waals surface area contributed by atoms with Gasteiger partial charge in [-0.15, -0.1) is 0 Å². The Morgan fingerprint density at radius 1 is 1.07 bits per heavy atom. The summed E-state index contributed by atoms with van der Waals surface area (Å²) in [5.74, 6) is 1.04. The van der Waals surface area contributed by atoms with Gasteiger partial charge in [-0.05, 0) is 54.8 Å². The molecule has 0 radical (unpaired) electrons. The van der Waals surface area contributed by atoms with Crippen LogP contribution in [-0.2, 0) is 16.1 Å². The second kappa shape index (κ2) is 11.5. The van der Waals surface area contributed by atoms with Crippen molar-refractivity contribution >= 4 is 23.4 Å². The van der Waals surface area contributed by atoms with Crippen molar-refractivity contribution in [1.82, 2.24) is 10.2 Å². The molecule has 1 atom stereocenters. The van der Waals surface area contributed by atoms with Gasteiger partial charge in [-0.2, -0.15) is 0 Å². The number of carbonyl (C=O) groups is 2. The minimum Gasteiger partial charge on any atom is -0.497 e. The summed E-state index contributed by atoms with van der Waals surface area (Å²) in [6.45, 7) is 6.37. The van der Waals surface area contributed by atoms with Crippen LogP contribution < -0.4 is 14.8 Å². The first-order valence-corrected chi connectivity index (χ1v) is 10.3. The highest BCUT2D eigenvalue weighted by atomic mass is 35.5. The highest BCUT2D eigenvalue weighted by Gasteiger charge is 2.26. The number of hydrogen-bond acceptors (Lipinski definition) is 4. The van der Waals surface area contributed by atoms with Gasteiger partial charge in [0.1, 0.15) is 17.5 Å². The predicted molar refractivity (Wildman–Crippen MR) is 118 cm³/mol. The average Bonchev–Trinajstić information content (AvgIpc) is 2.74. The largest absolute Gasteiger partial charge is 0.497 e. The molecule has 0 fully saturated rings. The van der Waals surface area contributed by atoms with E-state index >= 15 is 0 Å². The van der Waals surface area contributed by atoms with E-state index in [4.69, 9.17) is 21.1 Å². The van der Waals surface area contributed by atoms with Crippen LogP contribution in [0.15, 0.2) is 48.5 Å². The monoisotopic (exact) mass is 432 g/mol. The first-order valence-electron chi connectivity index (χ1n) is 9.88. The summed E-state index contributed by atoms with van der Waals surface area (Å²) in [5.41, 5.74) is 0.859. The molecule has 0 saturated heterocycles. The number of halogens is 1. The van der Waals surface area contributed by atoms with Crippen molar-refractivity contribution in [2.24, 2.45) is 5.92 Å². The highest BCUT2D eigenvalue weighted by molar-refractivity contribution is 6.30. The molecule has 0 aliphatic heterocycles. The standard InChI is InChI=1S/C23H29ClN2O4/c1-16(2)13-25-23(28)17(3)26(14-18-6-5-7-21(12-18)29-4)22(27)15-30-20-10-8-19(24)9-11-20/h5-12,16-17H,13-15H2,1-4H3,(H,25,28). The molecule has 7 heteroatoms. The molecule has 1 unspecified atom stereocenters. The van der Waals surface area contributed by atoms with Crippen molar-refractivity contribution in [3.05, 3.63) is 59.1 Å². The molecule has 0 saturated carbocycles. The maximum atomic E-state index is 13.0. The zero-order chi connectivity index (χ0) is 22.1. The van der Waals surface area contributed by atoms with Crippen LogP contribution >= 0.6 is 11.6 Å². The van der Waals surface area contributed by atoms with Crippen molar-refractivity contribution in [1.29, 1.82) is 0 Å². The Balaban J connectivity index is 2.14. The van der Waals surface area contributed by atoms with E-state index in [1.807, 2.05) is 38.1 Å². The second-order valence-corrected chi connectivity index (χ2v) is 7.87. The fourth-order valence-electron chi connectivity index (χ4n) is 2.76. The molecule has 0 aliphatic rings. The Hall–Kier alpha value is -2.73. The van der Waals surface area contributed by atoms with Crippen LogP contribution in [0.2, 0.25) is 5.02 Å². The Morgan fingerprint density at radius 3 is 2.40 bits per heavy atom. The Morgan fingerprint density at radius 2 is 1.77 bits per heavy atom. The summed E-state index contributed by atoms with van der Waals surface area (Å²) in [6, 6.07) is 13.5. The molecule has 162 valence electrons. The van der Waals surface area contributed by atoms with Gasteiger partial charge in [-0.3, -0.25) is 9.59 Å². The minimum absolute atomic E-state index is 0.187. The van der Waals surface area contributed by atoms with Crippen LogP contribution in [0, 0.1) is 5.92 Å². The van der Waals surface area contributed by atoms with Gasteiger partial charge >= 0.3 is 0 Å². The van der Waals surface area contributed by atoms with Crippen LogP contribution in [0.5, 0.6) is 11.5 Å². The van der Waals surface area contributed by atoms with Gasteiger partial charge in [-0.25, -0.2) is 0 Å². The second-order valence-electron chi connectivity index (χ2n) is 7.43. The van der Waals surface area contributed by atoms with E-state index in [0.29, 0.717) is 29.0 Å². The van der Waals surface area contributed by atoms with Gasteiger partial charge in [0.2, 0.25) is 5.91 Å². The van der Waals surface area contributed by atoms with E-state index < -0.39 is 6.04 Å². The van der Waals surface area contributed by atoms with Crippen molar-refractivity contribution in [3.63, 3.8) is 0 Å². The van der Waals surface area contributed by atoms with E-state index in [1.54, 1.807) is 38.3 Å². The summed E-state index contributed by atoms with van der Waals surface area (Å²) in [7, 11) is 1.59. The molecule has 0 aromatic heterocycles. The van der Waals surface area contributed by atoms with Gasteiger partial charge in [0.25, 0.3) is 5.91 Å². The van der Waals surface area contributed by atoms with Gasteiger partial charge in [0.05, 0.1) is 7.11 Å². The molecule has 2 aromatic rings. The number of methoxy groups -OCH3 is 1. The Labute approximate surface area is 183 Å². The number of ether oxygens (including phenoxy) is 2. The van der Waals surface area contributed by atoms with Crippen molar-refractivity contribution in [2.75, 3.05) is 20.3 Å². The first-order chi connectivity index (χ1) is 14.3. The molecule has 2 rings (SSSR count). The van der Waals surface area contributed by atoms with Crippen LogP contribution in [-0.4, -0.2) is 43.0 Å². The molecular formula is C23H29ClN2O4. The van der Waals surface area contributed by atoms with Crippen LogP contribution in [0.4, 0.5) is 0 Å². The third-order valence-electron chi connectivity index (χ3n) is 4.51. The zero-order valence-electron chi connectivity index (χ0n) is 17.9. The lowest BCUT2D eigenvalue weighted by molar-refractivity contribution is -0.142. The molecule has 2 amide bonds. The van der Waals surface area contributed by atoms with Crippen LogP contribution in [0.25, 0.3) is 0 Å². The molecule has 2 aromatic carbocycles. The maximum Gasteiger partial charge on any atom is 0.261 e. The number of benzene rings is 2. The third kappa shape index (κ3) is 7.26. The Kier molecular flexibility index (Phi) is 8.99. The number of amides is 2. The summed E-state index contributed by atoms with van der Waals surface area (Å²) in [5, 5.41) is 3.48. The van der Waals surface area contributed by atoms with Gasteiger partial charge < -0.3 is 19.7 Å². The van der Waals surface area contributed by atoms with E-state index in [0.717, 1.165) is 5.56 Å².